The van der Waals surface area contributed by atoms with E-state index < -0.39 is 0 Å². The van der Waals surface area contributed by atoms with Gasteiger partial charge in [0, 0.05) is 19.1 Å². The molecule has 3 heteroatoms. The molecule has 2 unspecified atom stereocenters. The molecule has 1 aliphatic rings. The Balaban J connectivity index is 2.11. The third-order valence-corrected chi connectivity index (χ3v) is 3.74. The summed E-state index contributed by atoms with van der Waals surface area (Å²) in [5.74, 6) is 0.819. The second-order valence-corrected chi connectivity index (χ2v) is 5.47. The van der Waals surface area contributed by atoms with Crippen molar-refractivity contribution in [1.82, 2.24) is 9.80 Å². The second-order valence-electron chi connectivity index (χ2n) is 5.47. The minimum absolute atomic E-state index is 0.754. The number of hydrogen-bond acceptors (Lipinski definition) is 3. The fourth-order valence-corrected chi connectivity index (χ4v) is 2.74. The Labute approximate surface area is 101 Å². The van der Waals surface area contributed by atoms with Gasteiger partial charge in [-0.15, -0.1) is 0 Å². The topological polar surface area (TPSA) is 32.5 Å². The molecule has 16 heavy (non-hydrogen) atoms. The van der Waals surface area contributed by atoms with Crippen LogP contribution < -0.4 is 5.73 Å². The van der Waals surface area contributed by atoms with Gasteiger partial charge in [-0.05, 0) is 45.9 Å². The lowest BCUT2D eigenvalue weighted by Gasteiger charge is -2.22. The predicted octanol–water partition coefficient (Wildman–Crippen LogP) is 1.39. The number of likely N-dealkylation sites (tertiary alicyclic amines) is 1. The highest BCUT2D eigenvalue weighted by atomic mass is 15.2. The first-order chi connectivity index (χ1) is 7.65. The Morgan fingerprint density at radius 3 is 2.38 bits per heavy atom. The Kier molecular flexibility index (Phi) is 6.32. The molecule has 2 N–H and O–H groups in total. The van der Waals surface area contributed by atoms with Crippen molar-refractivity contribution < 1.29 is 0 Å². The monoisotopic (exact) mass is 227 g/mol. The molecule has 0 amide bonds. The van der Waals surface area contributed by atoms with E-state index >= 15 is 0 Å². The summed E-state index contributed by atoms with van der Waals surface area (Å²) in [7, 11) is 4.40. The van der Waals surface area contributed by atoms with Gasteiger partial charge in [0.05, 0.1) is 0 Å². The molecule has 0 aromatic carbocycles. The van der Waals surface area contributed by atoms with Crippen LogP contribution in [0, 0.1) is 5.92 Å². The van der Waals surface area contributed by atoms with Crippen LogP contribution >= 0.6 is 0 Å². The van der Waals surface area contributed by atoms with E-state index in [0.29, 0.717) is 0 Å². The van der Waals surface area contributed by atoms with Crippen LogP contribution in [-0.4, -0.2) is 56.1 Å². The fraction of sp³-hybridized carbons (Fsp3) is 1.00. The van der Waals surface area contributed by atoms with Crippen LogP contribution in [0.4, 0.5) is 0 Å². The molecule has 0 aromatic heterocycles. The smallest absolute Gasteiger partial charge is 0.0254 e. The number of likely N-dealkylation sites (N-methyl/N-ethyl adjacent to an activating group) is 1. The van der Waals surface area contributed by atoms with Gasteiger partial charge in [-0.1, -0.05) is 19.8 Å². The minimum Gasteiger partial charge on any atom is -0.330 e. The second kappa shape index (κ2) is 7.25. The van der Waals surface area contributed by atoms with Gasteiger partial charge < -0.3 is 15.5 Å². The van der Waals surface area contributed by atoms with E-state index in [2.05, 4.69) is 30.8 Å². The molecule has 1 rings (SSSR count). The molecule has 0 spiro atoms. The molecule has 96 valence electrons. The lowest BCUT2D eigenvalue weighted by Crippen LogP contribution is -2.34. The molecule has 1 aliphatic heterocycles. The molecule has 0 aliphatic carbocycles. The summed E-state index contributed by atoms with van der Waals surface area (Å²) in [6.45, 7) is 7.03. The quantitative estimate of drug-likeness (QED) is 0.667. The zero-order chi connectivity index (χ0) is 12.0. The molecule has 0 aromatic rings. The molecule has 1 saturated heterocycles. The van der Waals surface area contributed by atoms with E-state index in [1.807, 2.05) is 0 Å². The number of hydrogen-bond donors (Lipinski definition) is 1. The minimum atomic E-state index is 0.754. The predicted molar refractivity (Wildman–Crippen MR) is 70.6 cm³/mol. The van der Waals surface area contributed by atoms with Crippen molar-refractivity contribution in [3.63, 3.8) is 0 Å². The first kappa shape index (κ1) is 13.9. The van der Waals surface area contributed by atoms with Gasteiger partial charge in [0.2, 0.25) is 0 Å². The van der Waals surface area contributed by atoms with Crippen molar-refractivity contribution in [3.8, 4) is 0 Å². The van der Waals surface area contributed by atoms with Gasteiger partial charge in [0.25, 0.3) is 0 Å². The lowest BCUT2D eigenvalue weighted by atomic mass is 10.1. The molecule has 0 bridgehead atoms. The van der Waals surface area contributed by atoms with Crippen molar-refractivity contribution in [3.05, 3.63) is 0 Å². The maximum absolute atomic E-state index is 5.49. The van der Waals surface area contributed by atoms with Gasteiger partial charge in [-0.25, -0.2) is 0 Å². The summed E-state index contributed by atoms with van der Waals surface area (Å²) >= 11 is 0. The standard InChI is InChI=1S/C13H29N3/c1-12-10-16(11-13(12)15(2)3)9-7-5-4-6-8-14/h12-13H,4-11,14H2,1-3H3. The Morgan fingerprint density at radius 2 is 1.81 bits per heavy atom. The van der Waals surface area contributed by atoms with Crippen molar-refractivity contribution in [2.45, 2.75) is 38.6 Å². The maximum Gasteiger partial charge on any atom is 0.0254 e. The maximum atomic E-state index is 5.49. The highest BCUT2D eigenvalue weighted by molar-refractivity contribution is 4.86. The summed E-state index contributed by atoms with van der Waals surface area (Å²) in [6, 6.07) is 0.754. The van der Waals surface area contributed by atoms with Crippen LogP contribution in [0.2, 0.25) is 0 Å². The molecular formula is C13H29N3. The van der Waals surface area contributed by atoms with Crippen LogP contribution in [0.3, 0.4) is 0 Å². The van der Waals surface area contributed by atoms with Gasteiger partial charge in [0.1, 0.15) is 0 Å². The average molecular weight is 227 g/mol. The van der Waals surface area contributed by atoms with Gasteiger partial charge in [-0.3, -0.25) is 0 Å². The Bertz CT molecular complexity index is 182. The summed E-state index contributed by atoms with van der Waals surface area (Å²) in [6.07, 6.45) is 5.18. The highest BCUT2D eigenvalue weighted by Gasteiger charge is 2.30. The lowest BCUT2D eigenvalue weighted by molar-refractivity contribution is 0.251. The molecule has 2 atom stereocenters. The molecule has 0 radical (unpaired) electrons. The van der Waals surface area contributed by atoms with E-state index in [-0.39, 0.29) is 0 Å². The van der Waals surface area contributed by atoms with Crippen molar-refractivity contribution >= 4 is 0 Å². The van der Waals surface area contributed by atoms with Crippen LogP contribution in [0.25, 0.3) is 0 Å². The molecule has 3 nitrogen and oxygen atoms in total. The Hall–Kier alpha value is -0.120. The highest BCUT2D eigenvalue weighted by Crippen LogP contribution is 2.20. The van der Waals surface area contributed by atoms with Crippen molar-refractivity contribution in [2.75, 3.05) is 40.3 Å². The van der Waals surface area contributed by atoms with Crippen LogP contribution in [0.1, 0.15) is 32.6 Å². The zero-order valence-electron chi connectivity index (χ0n) is 11.3. The number of nitrogens with zero attached hydrogens (tertiary/aromatic N) is 2. The first-order valence-electron chi connectivity index (χ1n) is 6.74. The van der Waals surface area contributed by atoms with Crippen molar-refractivity contribution in [1.29, 1.82) is 0 Å². The zero-order valence-corrected chi connectivity index (χ0v) is 11.3. The number of nitrogens with two attached hydrogens (primary N) is 1. The number of rotatable bonds is 7. The average Bonchev–Trinajstić information content (AvgIpc) is 2.59. The van der Waals surface area contributed by atoms with E-state index in [0.717, 1.165) is 18.5 Å². The fourth-order valence-electron chi connectivity index (χ4n) is 2.74. The van der Waals surface area contributed by atoms with Gasteiger partial charge >= 0.3 is 0 Å². The van der Waals surface area contributed by atoms with Crippen LogP contribution in [0.5, 0.6) is 0 Å². The summed E-state index contributed by atoms with van der Waals surface area (Å²) in [5.41, 5.74) is 5.49. The normalized spacial score (nSPS) is 26.8. The number of unbranched alkanes of at least 4 members (excludes halogenated alkanes) is 3. The summed E-state index contributed by atoms with van der Waals surface area (Å²) < 4.78 is 0. The molecular weight excluding hydrogens is 198 g/mol. The van der Waals surface area contributed by atoms with E-state index in [1.54, 1.807) is 0 Å². The van der Waals surface area contributed by atoms with Crippen LogP contribution in [-0.2, 0) is 0 Å². The third-order valence-electron chi connectivity index (χ3n) is 3.74. The van der Waals surface area contributed by atoms with E-state index in [4.69, 9.17) is 5.73 Å². The SMILES string of the molecule is CC1CN(CCCCCCN)CC1N(C)C. The first-order valence-corrected chi connectivity index (χ1v) is 6.74. The Morgan fingerprint density at radius 1 is 1.12 bits per heavy atom. The molecule has 1 fully saturated rings. The van der Waals surface area contributed by atoms with E-state index in [1.165, 1.54) is 45.3 Å². The summed E-state index contributed by atoms with van der Waals surface area (Å²) in [5, 5.41) is 0. The van der Waals surface area contributed by atoms with Gasteiger partial charge in [-0.2, -0.15) is 0 Å². The third kappa shape index (κ3) is 4.40. The van der Waals surface area contributed by atoms with Gasteiger partial charge in [0.15, 0.2) is 0 Å². The van der Waals surface area contributed by atoms with Crippen LogP contribution in [0.15, 0.2) is 0 Å². The largest absolute Gasteiger partial charge is 0.330 e. The van der Waals surface area contributed by atoms with Crippen molar-refractivity contribution in [2.24, 2.45) is 11.7 Å². The molecule has 1 heterocycles. The summed E-state index contributed by atoms with van der Waals surface area (Å²) in [4.78, 5) is 5.00. The molecule has 0 saturated carbocycles. The van der Waals surface area contributed by atoms with E-state index in [9.17, 15) is 0 Å².